The third-order valence-corrected chi connectivity index (χ3v) is 4.34. The highest BCUT2D eigenvalue weighted by atomic mass is 32.2. The van der Waals surface area contributed by atoms with Crippen molar-refractivity contribution in [3.05, 3.63) is 35.9 Å². The van der Waals surface area contributed by atoms with Crippen LogP contribution in [0, 0.1) is 11.3 Å². The van der Waals surface area contributed by atoms with Crippen molar-refractivity contribution in [2.24, 2.45) is 0 Å². The van der Waals surface area contributed by atoms with Gasteiger partial charge in [-0.15, -0.1) is 0 Å². The maximum Gasteiger partial charge on any atom is 0.113 e. The molecule has 0 bridgehead atoms. The Morgan fingerprint density at radius 3 is 2.28 bits per heavy atom. The van der Waals surface area contributed by atoms with Gasteiger partial charge in [-0.25, -0.2) is 8.93 Å². The average molecular weight is 264 g/mol. The lowest BCUT2D eigenvalue weighted by atomic mass is 9.95. The highest BCUT2D eigenvalue weighted by molar-refractivity contribution is 7.84. The van der Waals surface area contributed by atoms with Gasteiger partial charge in [0, 0.05) is 5.92 Å². The van der Waals surface area contributed by atoms with Gasteiger partial charge in [-0.1, -0.05) is 37.3 Å². The summed E-state index contributed by atoms with van der Waals surface area (Å²) in [6, 6.07) is 11.5. The fourth-order valence-corrected chi connectivity index (χ4v) is 2.32. The van der Waals surface area contributed by atoms with E-state index in [9.17, 15) is 9.47 Å². The predicted octanol–water partition coefficient (Wildman–Crippen LogP) is 2.73. The molecule has 4 heteroatoms. The molecule has 0 aliphatic heterocycles. The molecule has 3 nitrogen and oxygen atoms in total. The molecule has 1 aromatic rings. The molecule has 0 aliphatic rings. The van der Waals surface area contributed by atoms with Crippen molar-refractivity contribution in [3.8, 4) is 6.07 Å². The van der Waals surface area contributed by atoms with Gasteiger partial charge in [0.1, 0.15) is 6.04 Å². The van der Waals surface area contributed by atoms with Gasteiger partial charge >= 0.3 is 0 Å². The van der Waals surface area contributed by atoms with Crippen molar-refractivity contribution in [2.75, 3.05) is 0 Å². The topological polar surface area (TPSA) is 52.9 Å². The molecule has 0 unspecified atom stereocenters. The summed E-state index contributed by atoms with van der Waals surface area (Å²) in [4.78, 5) is 0. The van der Waals surface area contributed by atoms with Crippen LogP contribution in [0.25, 0.3) is 0 Å². The Morgan fingerprint density at radius 2 is 1.83 bits per heavy atom. The molecule has 98 valence electrons. The zero-order valence-corrected chi connectivity index (χ0v) is 12.1. The molecule has 0 fully saturated rings. The molecular weight excluding hydrogens is 244 g/mol. The Morgan fingerprint density at radius 1 is 1.28 bits per heavy atom. The third-order valence-electron chi connectivity index (χ3n) is 2.75. The average Bonchev–Trinajstić information content (AvgIpc) is 2.34. The third kappa shape index (κ3) is 3.94. The first-order valence-electron chi connectivity index (χ1n) is 5.99. The van der Waals surface area contributed by atoms with E-state index in [1.807, 2.05) is 58.0 Å². The van der Waals surface area contributed by atoms with Gasteiger partial charge in [0.05, 0.1) is 21.8 Å². The van der Waals surface area contributed by atoms with Crippen molar-refractivity contribution in [1.29, 1.82) is 5.26 Å². The minimum atomic E-state index is -1.23. The van der Waals surface area contributed by atoms with Crippen molar-refractivity contribution < 1.29 is 4.21 Å². The Balaban J connectivity index is 2.80. The van der Waals surface area contributed by atoms with E-state index in [0.29, 0.717) is 0 Å². The van der Waals surface area contributed by atoms with Crippen LogP contribution >= 0.6 is 0 Å². The van der Waals surface area contributed by atoms with Gasteiger partial charge in [-0.05, 0) is 26.3 Å². The Bertz CT molecular complexity index is 445. The van der Waals surface area contributed by atoms with E-state index in [0.717, 1.165) is 5.56 Å². The lowest BCUT2D eigenvalue weighted by molar-refractivity contribution is 0.589. The molecule has 0 saturated heterocycles. The number of rotatable bonds is 4. The summed E-state index contributed by atoms with van der Waals surface area (Å²) in [5.41, 5.74) is 1.07. The Labute approximate surface area is 112 Å². The van der Waals surface area contributed by atoms with Crippen LogP contribution in [0.1, 0.15) is 39.2 Å². The van der Waals surface area contributed by atoms with Crippen LogP contribution in [0.5, 0.6) is 0 Å². The van der Waals surface area contributed by atoms with E-state index in [4.69, 9.17) is 0 Å². The number of hydrogen-bond acceptors (Lipinski definition) is 2. The monoisotopic (exact) mass is 264 g/mol. The molecule has 0 aromatic heterocycles. The van der Waals surface area contributed by atoms with Crippen LogP contribution in [0.15, 0.2) is 30.3 Å². The zero-order chi connectivity index (χ0) is 13.8. The van der Waals surface area contributed by atoms with Crippen LogP contribution < -0.4 is 4.72 Å². The standard InChI is InChI=1S/C14H20N2OS/c1-11(12-8-6-5-7-9-12)13(10-15)16-18(17)14(2,3)4/h5-9,11,13,16H,1-4H3/t11-,13+,18-/m0/s1. The Hall–Kier alpha value is -1.18. The number of nitrogens with one attached hydrogen (secondary N) is 1. The molecular formula is C14H20N2OS. The molecule has 1 rings (SSSR count). The summed E-state index contributed by atoms with van der Waals surface area (Å²) in [6.45, 7) is 7.63. The van der Waals surface area contributed by atoms with Crippen LogP contribution in [-0.4, -0.2) is 15.0 Å². The summed E-state index contributed by atoms with van der Waals surface area (Å²) >= 11 is 0. The normalized spacial score (nSPS) is 16.6. The molecule has 0 radical (unpaired) electrons. The van der Waals surface area contributed by atoms with E-state index >= 15 is 0 Å². The minimum Gasteiger partial charge on any atom is -0.242 e. The summed E-state index contributed by atoms with van der Waals surface area (Å²) < 4.78 is 14.6. The largest absolute Gasteiger partial charge is 0.242 e. The lowest BCUT2D eigenvalue weighted by Crippen LogP contribution is -2.41. The summed E-state index contributed by atoms with van der Waals surface area (Å²) in [6.07, 6.45) is 0. The molecule has 0 spiro atoms. The number of nitrogens with zero attached hydrogens (tertiary/aromatic N) is 1. The van der Waals surface area contributed by atoms with Crippen molar-refractivity contribution in [2.45, 2.75) is 44.4 Å². The van der Waals surface area contributed by atoms with Gasteiger partial charge < -0.3 is 0 Å². The quantitative estimate of drug-likeness (QED) is 0.909. The predicted molar refractivity (Wildman–Crippen MR) is 75.3 cm³/mol. The fraction of sp³-hybridized carbons (Fsp3) is 0.500. The highest BCUT2D eigenvalue weighted by Gasteiger charge is 2.26. The van der Waals surface area contributed by atoms with Gasteiger partial charge in [-0.2, -0.15) is 5.26 Å². The second-order valence-electron chi connectivity index (χ2n) is 5.31. The van der Waals surface area contributed by atoms with E-state index in [-0.39, 0.29) is 10.7 Å². The van der Waals surface area contributed by atoms with Crippen LogP contribution in [0.3, 0.4) is 0 Å². The summed E-state index contributed by atoms with van der Waals surface area (Å²) in [7, 11) is -1.23. The maximum atomic E-state index is 12.0. The van der Waals surface area contributed by atoms with Crippen molar-refractivity contribution in [1.82, 2.24) is 4.72 Å². The van der Waals surface area contributed by atoms with Crippen molar-refractivity contribution in [3.63, 3.8) is 0 Å². The van der Waals surface area contributed by atoms with E-state index in [2.05, 4.69) is 10.8 Å². The number of nitriles is 1. The van der Waals surface area contributed by atoms with Gasteiger partial charge in [0.15, 0.2) is 0 Å². The fourth-order valence-electron chi connectivity index (χ4n) is 1.48. The van der Waals surface area contributed by atoms with Crippen LogP contribution in [-0.2, 0) is 11.0 Å². The lowest BCUT2D eigenvalue weighted by Gasteiger charge is -2.24. The van der Waals surface area contributed by atoms with Crippen LogP contribution in [0.4, 0.5) is 0 Å². The zero-order valence-electron chi connectivity index (χ0n) is 11.3. The van der Waals surface area contributed by atoms with E-state index in [1.54, 1.807) is 0 Å². The number of hydrogen-bond donors (Lipinski definition) is 1. The molecule has 1 N–H and O–H groups in total. The highest BCUT2D eigenvalue weighted by Crippen LogP contribution is 2.20. The van der Waals surface area contributed by atoms with Gasteiger partial charge in [0.2, 0.25) is 0 Å². The smallest absolute Gasteiger partial charge is 0.113 e. The first-order chi connectivity index (χ1) is 8.36. The second-order valence-corrected chi connectivity index (χ2v) is 7.30. The summed E-state index contributed by atoms with van der Waals surface area (Å²) in [5, 5.41) is 9.23. The van der Waals surface area contributed by atoms with Gasteiger partial charge in [0.25, 0.3) is 0 Å². The van der Waals surface area contributed by atoms with Crippen molar-refractivity contribution >= 4 is 11.0 Å². The van der Waals surface area contributed by atoms with E-state index in [1.165, 1.54) is 0 Å². The van der Waals surface area contributed by atoms with Crippen LogP contribution in [0.2, 0.25) is 0 Å². The number of benzene rings is 1. The SMILES string of the molecule is C[C@@H](c1ccccc1)[C@@H](C#N)N[S@@](=O)C(C)(C)C. The van der Waals surface area contributed by atoms with E-state index < -0.39 is 17.0 Å². The second kappa shape index (κ2) is 6.12. The molecule has 3 atom stereocenters. The summed E-state index contributed by atoms with van der Waals surface area (Å²) in [5.74, 6) is 0.00231. The van der Waals surface area contributed by atoms with Gasteiger partial charge in [-0.3, -0.25) is 0 Å². The molecule has 18 heavy (non-hydrogen) atoms. The minimum absolute atomic E-state index is 0.00231. The molecule has 0 aliphatic carbocycles. The molecule has 1 aromatic carbocycles. The molecule has 0 saturated carbocycles. The molecule has 0 heterocycles. The Kier molecular flexibility index (Phi) is 5.06. The molecule has 0 amide bonds. The first-order valence-corrected chi connectivity index (χ1v) is 7.14. The first kappa shape index (κ1) is 14.9. The maximum absolute atomic E-state index is 12.0.